The predicted octanol–water partition coefficient (Wildman–Crippen LogP) is 1.52. The number of nitrogens with zero attached hydrogens (tertiary/aromatic N) is 2. The van der Waals surface area contributed by atoms with E-state index in [1.165, 1.54) is 16.4 Å². The second-order valence-corrected chi connectivity index (χ2v) is 9.06. The minimum absolute atomic E-state index is 0.120. The number of rotatable bonds is 6. The Labute approximate surface area is 179 Å². The summed E-state index contributed by atoms with van der Waals surface area (Å²) in [6.45, 7) is 1.41. The number of morpholine rings is 1. The van der Waals surface area contributed by atoms with Crippen molar-refractivity contribution < 1.29 is 17.9 Å². The van der Waals surface area contributed by atoms with Crippen molar-refractivity contribution in [3.8, 4) is 0 Å². The summed E-state index contributed by atoms with van der Waals surface area (Å²) in [5, 5.41) is 3.24. The maximum absolute atomic E-state index is 12.6. The summed E-state index contributed by atoms with van der Waals surface area (Å²) in [4.78, 5) is 31.7. The number of aromatic nitrogens is 2. The van der Waals surface area contributed by atoms with Gasteiger partial charge in [0.2, 0.25) is 15.9 Å². The normalized spacial score (nSPS) is 15.1. The van der Waals surface area contributed by atoms with Crippen LogP contribution in [0, 0.1) is 0 Å². The molecule has 1 amide bonds. The number of amides is 1. The second kappa shape index (κ2) is 8.96. The average molecular weight is 442 g/mol. The number of carbonyl (C=O) groups excluding carboxylic acids is 1. The minimum Gasteiger partial charge on any atom is -0.379 e. The van der Waals surface area contributed by atoms with Gasteiger partial charge in [0.1, 0.15) is 5.82 Å². The summed E-state index contributed by atoms with van der Waals surface area (Å²) in [5.74, 6) is 0.172. The molecule has 162 valence electrons. The summed E-state index contributed by atoms with van der Waals surface area (Å²) in [5.41, 5.74) is 0.836. The van der Waals surface area contributed by atoms with Gasteiger partial charge in [-0.25, -0.2) is 13.4 Å². The first-order valence-corrected chi connectivity index (χ1v) is 11.3. The number of H-pyrrole nitrogens is 1. The molecule has 10 heteroatoms. The SMILES string of the molecule is O=C(CCc1nc2ccccc2c(=O)[nH]1)Nc1ccc(S(=O)(=O)N2CCOCC2)cc1. The molecule has 1 aliphatic heterocycles. The highest BCUT2D eigenvalue weighted by Gasteiger charge is 2.26. The van der Waals surface area contributed by atoms with Crippen LogP contribution in [-0.4, -0.2) is 54.9 Å². The van der Waals surface area contributed by atoms with Gasteiger partial charge < -0.3 is 15.0 Å². The van der Waals surface area contributed by atoms with Crippen molar-refractivity contribution in [2.45, 2.75) is 17.7 Å². The molecule has 2 heterocycles. The Kier molecular flexibility index (Phi) is 6.12. The van der Waals surface area contributed by atoms with E-state index in [0.717, 1.165) is 0 Å². The molecule has 0 bridgehead atoms. The van der Waals surface area contributed by atoms with E-state index in [0.29, 0.717) is 48.7 Å². The molecular weight excluding hydrogens is 420 g/mol. The van der Waals surface area contributed by atoms with E-state index in [4.69, 9.17) is 4.74 Å². The van der Waals surface area contributed by atoms with Crippen LogP contribution in [-0.2, 0) is 26.0 Å². The Balaban J connectivity index is 1.37. The topological polar surface area (TPSA) is 121 Å². The Bertz CT molecular complexity index is 1250. The predicted molar refractivity (Wildman–Crippen MR) is 115 cm³/mol. The smallest absolute Gasteiger partial charge is 0.258 e. The van der Waals surface area contributed by atoms with Crippen molar-refractivity contribution in [1.29, 1.82) is 0 Å². The highest BCUT2D eigenvalue weighted by atomic mass is 32.2. The van der Waals surface area contributed by atoms with Gasteiger partial charge in [-0.15, -0.1) is 0 Å². The van der Waals surface area contributed by atoms with Gasteiger partial charge in [0.05, 0.1) is 29.0 Å². The molecule has 0 unspecified atom stereocenters. The summed E-state index contributed by atoms with van der Waals surface area (Å²) in [6, 6.07) is 13.1. The van der Waals surface area contributed by atoms with E-state index < -0.39 is 10.0 Å². The van der Waals surface area contributed by atoms with Crippen LogP contribution >= 0.6 is 0 Å². The zero-order valence-corrected chi connectivity index (χ0v) is 17.5. The molecule has 1 aliphatic rings. The van der Waals surface area contributed by atoms with Gasteiger partial charge in [0.25, 0.3) is 5.56 Å². The first-order valence-electron chi connectivity index (χ1n) is 9.89. The molecule has 3 aromatic rings. The fourth-order valence-electron chi connectivity index (χ4n) is 3.35. The largest absolute Gasteiger partial charge is 0.379 e. The fraction of sp³-hybridized carbons (Fsp3) is 0.286. The average Bonchev–Trinajstić information content (AvgIpc) is 2.79. The second-order valence-electron chi connectivity index (χ2n) is 7.12. The molecule has 0 saturated carbocycles. The highest BCUT2D eigenvalue weighted by molar-refractivity contribution is 7.89. The van der Waals surface area contributed by atoms with Crippen LogP contribution in [0.15, 0.2) is 58.2 Å². The molecule has 2 aromatic carbocycles. The maximum Gasteiger partial charge on any atom is 0.258 e. The molecule has 0 spiro atoms. The van der Waals surface area contributed by atoms with E-state index in [1.807, 2.05) is 0 Å². The number of para-hydroxylation sites is 1. The molecule has 0 atom stereocenters. The lowest BCUT2D eigenvalue weighted by molar-refractivity contribution is -0.116. The Morgan fingerprint density at radius 2 is 1.81 bits per heavy atom. The number of sulfonamides is 1. The van der Waals surface area contributed by atoms with E-state index in [9.17, 15) is 18.0 Å². The Hall–Kier alpha value is -3.08. The summed E-state index contributed by atoms with van der Waals surface area (Å²) in [7, 11) is -3.58. The Morgan fingerprint density at radius 3 is 2.55 bits per heavy atom. The lowest BCUT2D eigenvalue weighted by atomic mass is 10.2. The van der Waals surface area contributed by atoms with Gasteiger partial charge in [-0.3, -0.25) is 9.59 Å². The molecule has 4 rings (SSSR count). The quantitative estimate of drug-likeness (QED) is 0.597. The minimum atomic E-state index is -3.58. The maximum atomic E-state index is 12.6. The van der Waals surface area contributed by atoms with Gasteiger partial charge in [0, 0.05) is 31.6 Å². The van der Waals surface area contributed by atoms with Crippen molar-refractivity contribution in [2.24, 2.45) is 0 Å². The zero-order valence-electron chi connectivity index (χ0n) is 16.7. The van der Waals surface area contributed by atoms with Crippen LogP contribution in [0.4, 0.5) is 5.69 Å². The van der Waals surface area contributed by atoms with Gasteiger partial charge in [-0.2, -0.15) is 4.31 Å². The lowest BCUT2D eigenvalue weighted by Crippen LogP contribution is -2.40. The zero-order chi connectivity index (χ0) is 21.8. The third kappa shape index (κ3) is 4.82. The van der Waals surface area contributed by atoms with Crippen molar-refractivity contribution in [2.75, 3.05) is 31.6 Å². The molecule has 1 aromatic heterocycles. The highest BCUT2D eigenvalue weighted by Crippen LogP contribution is 2.19. The number of nitrogens with one attached hydrogen (secondary N) is 2. The number of benzene rings is 2. The summed E-state index contributed by atoms with van der Waals surface area (Å²) >= 11 is 0. The first-order chi connectivity index (χ1) is 14.9. The Morgan fingerprint density at radius 1 is 1.10 bits per heavy atom. The molecule has 0 aliphatic carbocycles. The first kappa shape index (κ1) is 21.2. The van der Waals surface area contributed by atoms with Crippen LogP contribution in [0.2, 0.25) is 0 Å². The number of hydrogen-bond donors (Lipinski definition) is 2. The molecule has 31 heavy (non-hydrogen) atoms. The lowest BCUT2D eigenvalue weighted by Gasteiger charge is -2.26. The van der Waals surface area contributed by atoms with E-state index in [1.54, 1.807) is 36.4 Å². The fourth-order valence-corrected chi connectivity index (χ4v) is 4.76. The van der Waals surface area contributed by atoms with Crippen LogP contribution in [0.3, 0.4) is 0 Å². The molecule has 9 nitrogen and oxygen atoms in total. The molecular formula is C21H22N4O5S. The van der Waals surface area contributed by atoms with Crippen LogP contribution in [0.25, 0.3) is 10.9 Å². The standard InChI is InChI=1S/C21H22N4O5S/c26-20(10-9-19-23-18-4-2-1-3-17(18)21(27)24-19)22-15-5-7-16(8-6-15)31(28,29)25-11-13-30-14-12-25/h1-8H,9-14H2,(H,22,26)(H,23,24,27). The number of anilines is 1. The van der Waals surface area contributed by atoms with Gasteiger partial charge in [-0.05, 0) is 36.4 Å². The number of ether oxygens (including phenoxy) is 1. The van der Waals surface area contributed by atoms with E-state index in [-0.39, 0.29) is 29.2 Å². The molecule has 0 radical (unpaired) electrons. The molecule has 1 fully saturated rings. The third-order valence-corrected chi connectivity index (χ3v) is 6.91. The number of hydrogen-bond acceptors (Lipinski definition) is 6. The van der Waals surface area contributed by atoms with Crippen LogP contribution in [0.1, 0.15) is 12.2 Å². The van der Waals surface area contributed by atoms with Gasteiger partial charge in [0.15, 0.2) is 0 Å². The summed E-state index contributed by atoms with van der Waals surface area (Å²) in [6.07, 6.45) is 0.393. The number of carbonyl (C=O) groups is 1. The third-order valence-electron chi connectivity index (χ3n) is 5.00. The van der Waals surface area contributed by atoms with Crippen molar-refractivity contribution in [1.82, 2.24) is 14.3 Å². The number of aryl methyl sites for hydroxylation is 1. The van der Waals surface area contributed by atoms with E-state index >= 15 is 0 Å². The number of fused-ring (bicyclic) bond motifs is 1. The van der Waals surface area contributed by atoms with Crippen molar-refractivity contribution >= 4 is 32.5 Å². The van der Waals surface area contributed by atoms with Crippen LogP contribution in [0.5, 0.6) is 0 Å². The van der Waals surface area contributed by atoms with Crippen molar-refractivity contribution in [3.05, 3.63) is 64.7 Å². The molecule has 1 saturated heterocycles. The molecule has 2 N–H and O–H groups in total. The van der Waals surface area contributed by atoms with Crippen molar-refractivity contribution in [3.63, 3.8) is 0 Å². The number of aromatic amines is 1. The van der Waals surface area contributed by atoms with Crippen LogP contribution < -0.4 is 10.9 Å². The monoisotopic (exact) mass is 442 g/mol. The summed E-state index contributed by atoms with van der Waals surface area (Å²) < 4.78 is 31.9. The van der Waals surface area contributed by atoms with Gasteiger partial charge in [-0.1, -0.05) is 12.1 Å². The van der Waals surface area contributed by atoms with Gasteiger partial charge >= 0.3 is 0 Å². The van der Waals surface area contributed by atoms with E-state index in [2.05, 4.69) is 15.3 Å².